The van der Waals surface area contributed by atoms with Crippen LogP contribution in [0.1, 0.15) is 25.3 Å². The van der Waals surface area contributed by atoms with Crippen molar-refractivity contribution in [1.29, 1.82) is 0 Å². The summed E-state index contributed by atoms with van der Waals surface area (Å²) >= 11 is 0. The van der Waals surface area contributed by atoms with Crippen LogP contribution in [0.15, 0.2) is 30.3 Å². The number of aliphatic hydroxyl groups excluding tert-OH is 1. The zero-order valence-corrected chi connectivity index (χ0v) is 8.81. The lowest BCUT2D eigenvalue weighted by molar-refractivity contribution is -0.151. The summed E-state index contributed by atoms with van der Waals surface area (Å²) in [4.78, 5) is 11.3. The molecule has 0 amide bonds. The van der Waals surface area contributed by atoms with Crippen LogP contribution in [0, 0.1) is 0 Å². The fraction of sp³-hybridized carbons (Fsp3) is 0.417. The van der Waals surface area contributed by atoms with Gasteiger partial charge in [0.2, 0.25) is 0 Å². The molecule has 3 nitrogen and oxygen atoms in total. The molecule has 2 unspecified atom stereocenters. The Hall–Kier alpha value is -1.35. The van der Waals surface area contributed by atoms with Crippen LogP contribution in [0.25, 0.3) is 0 Å². The number of esters is 1. The molecule has 1 aliphatic heterocycles. The maximum absolute atomic E-state index is 11.3. The minimum Gasteiger partial charge on any atom is -0.457 e. The number of ether oxygens (including phenoxy) is 1. The fourth-order valence-corrected chi connectivity index (χ4v) is 2.14. The monoisotopic (exact) mass is 206 g/mol. The molecule has 0 radical (unpaired) electrons. The highest BCUT2D eigenvalue weighted by atomic mass is 16.6. The van der Waals surface area contributed by atoms with E-state index in [9.17, 15) is 9.90 Å². The van der Waals surface area contributed by atoms with Gasteiger partial charge >= 0.3 is 5.97 Å². The zero-order valence-electron chi connectivity index (χ0n) is 8.81. The van der Waals surface area contributed by atoms with Crippen molar-refractivity contribution in [3.8, 4) is 0 Å². The number of hydrogen-bond acceptors (Lipinski definition) is 3. The highest BCUT2D eigenvalue weighted by Crippen LogP contribution is 2.40. The van der Waals surface area contributed by atoms with Gasteiger partial charge in [0.15, 0.2) is 6.10 Å². The van der Waals surface area contributed by atoms with E-state index in [0.29, 0.717) is 0 Å². The predicted molar refractivity (Wildman–Crippen MR) is 55.4 cm³/mol. The van der Waals surface area contributed by atoms with Gasteiger partial charge < -0.3 is 9.84 Å². The highest BCUT2D eigenvalue weighted by Gasteiger charge is 2.49. The summed E-state index contributed by atoms with van der Waals surface area (Å²) in [6, 6.07) is 9.48. The lowest BCUT2D eigenvalue weighted by Gasteiger charge is -2.25. The summed E-state index contributed by atoms with van der Waals surface area (Å²) in [7, 11) is 0. The Labute approximate surface area is 88.7 Å². The average molecular weight is 206 g/mol. The minimum absolute atomic E-state index is 0.286. The van der Waals surface area contributed by atoms with E-state index in [1.54, 1.807) is 0 Å². The first-order valence-corrected chi connectivity index (χ1v) is 4.98. The quantitative estimate of drug-likeness (QED) is 0.708. The van der Waals surface area contributed by atoms with E-state index in [1.807, 2.05) is 44.2 Å². The van der Waals surface area contributed by atoms with Gasteiger partial charge in [-0.2, -0.15) is 0 Å². The van der Waals surface area contributed by atoms with E-state index < -0.39 is 17.7 Å². The molecule has 80 valence electrons. The molecular weight excluding hydrogens is 192 g/mol. The third-order valence-corrected chi connectivity index (χ3v) is 2.83. The van der Waals surface area contributed by atoms with Crippen molar-refractivity contribution >= 4 is 5.97 Å². The summed E-state index contributed by atoms with van der Waals surface area (Å²) < 4.78 is 5.14. The van der Waals surface area contributed by atoms with Crippen LogP contribution in [0.3, 0.4) is 0 Å². The second-order valence-electron chi connectivity index (χ2n) is 4.36. The molecule has 0 aliphatic carbocycles. The molecule has 0 bridgehead atoms. The second kappa shape index (κ2) is 3.35. The van der Waals surface area contributed by atoms with Crippen molar-refractivity contribution in [1.82, 2.24) is 0 Å². The van der Waals surface area contributed by atoms with Crippen molar-refractivity contribution in [2.24, 2.45) is 0 Å². The Kier molecular flexibility index (Phi) is 2.27. The first-order valence-electron chi connectivity index (χ1n) is 4.98. The van der Waals surface area contributed by atoms with Crippen LogP contribution in [0.5, 0.6) is 0 Å². The van der Waals surface area contributed by atoms with E-state index in [0.717, 1.165) is 5.56 Å². The number of aliphatic hydroxyl groups is 1. The molecule has 0 aromatic heterocycles. The van der Waals surface area contributed by atoms with Crippen LogP contribution >= 0.6 is 0 Å². The standard InChI is InChI=1S/C12H14O3/c1-12(2)9(10(13)11(14)15-12)8-6-4-3-5-7-8/h3-7,9-10,13H,1-2H3. The summed E-state index contributed by atoms with van der Waals surface area (Å²) in [5.41, 5.74) is 0.290. The summed E-state index contributed by atoms with van der Waals surface area (Å²) in [6.07, 6.45) is -1.05. The maximum Gasteiger partial charge on any atom is 0.336 e. The van der Waals surface area contributed by atoms with Gasteiger partial charge in [-0.25, -0.2) is 4.79 Å². The van der Waals surface area contributed by atoms with Crippen LogP contribution in [0.2, 0.25) is 0 Å². The number of carbonyl (C=O) groups is 1. The Balaban J connectivity index is 2.40. The van der Waals surface area contributed by atoms with Crippen molar-refractivity contribution < 1.29 is 14.6 Å². The normalized spacial score (nSPS) is 28.9. The summed E-state index contributed by atoms with van der Waals surface area (Å²) in [5.74, 6) is -0.819. The maximum atomic E-state index is 11.3. The molecule has 1 N–H and O–H groups in total. The Morgan fingerprint density at radius 3 is 2.33 bits per heavy atom. The molecule has 3 heteroatoms. The molecule has 2 atom stereocenters. The molecule has 15 heavy (non-hydrogen) atoms. The number of benzene rings is 1. The molecule has 1 aliphatic rings. The Morgan fingerprint density at radius 2 is 1.87 bits per heavy atom. The molecule has 1 aromatic carbocycles. The summed E-state index contributed by atoms with van der Waals surface area (Å²) in [6.45, 7) is 3.64. The molecule has 2 rings (SSSR count). The highest BCUT2D eigenvalue weighted by molar-refractivity contribution is 5.79. The molecule has 1 fully saturated rings. The van der Waals surface area contributed by atoms with E-state index in [2.05, 4.69) is 0 Å². The predicted octanol–water partition coefficient (Wildman–Crippen LogP) is 1.47. The second-order valence-corrected chi connectivity index (χ2v) is 4.36. The third kappa shape index (κ3) is 1.63. The van der Waals surface area contributed by atoms with E-state index in [4.69, 9.17) is 4.74 Å². The zero-order chi connectivity index (χ0) is 11.1. The van der Waals surface area contributed by atoms with Gasteiger partial charge in [-0.05, 0) is 19.4 Å². The number of cyclic esters (lactones) is 1. The first-order chi connectivity index (χ1) is 7.02. The molecule has 1 aromatic rings. The number of rotatable bonds is 1. The van der Waals surface area contributed by atoms with Gasteiger partial charge in [0.25, 0.3) is 0 Å². The van der Waals surface area contributed by atoms with Gasteiger partial charge in [0.05, 0.1) is 5.92 Å². The average Bonchev–Trinajstić information content (AvgIpc) is 2.37. The van der Waals surface area contributed by atoms with Gasteiger partial charge in [-0.15, -0.1) is 0 Å². The SMILES string of the molecule is CC1(C)OC(=O)C(O)C1c1ccccc1. The van der Waals surface area contributed by atoms with Crippen LogP contribution in [-0.2, 0) is 9.53 Å². The van der Waals surface area contributed by atoms with E-state index in [1.165, 1.54) is 0 Å². The third-order valence-electron chi connectivity index (χ3n) is 2.83. The summed E-state index contributed by atoms with van der Waals surface area (Å²) in [5, 5.41) is 9.77. The molecule has 0 saturated carbocycles. The van der Waals surface area contributed by atoms with Crippen molar-refractivity contribution in [3.63, 3.8) is 0 Å². The number of hydrogen-bond donors (Lipinski definition) is 1. The van der Waals surface area contributed by atoms with Gasteiger partial charge in [-0.1, -0.05) is 30.3 Å². The van der Waals surface area contributed by atoms with Crippen molar-refractivity contribution in [3.05, 3.63) is 35.9 Å². The van der Waals surface area contributed by atoms with E-state index in [-0.39, 0.29) is 5.92 Å². The lowest BCUT2D eigenvalue weighted by Crippen LogP contribution is -2.29. The number of carbonyl (C=O) groups excluding carboxylic acids is 1. The van der Waals surface area contributed by atoms with E-state index >= 15 is 0 Å². The molecule has 1 heterocycles. The largest absolute Gasteiger partial charge is 0.457 e. The molecule has 0 spiro atoms. The van der Waals surface area contributed by atoms with Crippen molar-refractivity contribution in [2.75, 3.05) is 0 Å². The molecule has 1 saturated heterocycles. The van der Waals surface area contributed by atoms with Gasteiger partial charge in [-0.3, -0.25) is 0 Å². The van der Waals surface area contributed by atoms with Crippen LogP contribution in [-0.4, -0.2) is 22.8 Å². The topological polar surface area (TPSA) is 46.5 Å². The first kappa shape index (κ1) is 10.2. The smallest absolute Gasteiger partial charge is 0.336 e. The van der Waals surface area contributed by atoms with Crippen LogP contribution < -0.4 is 0 Å². The van der Waals surface area contributed by atoms with Crippen LogP contribution in [0.4, 0.5) is 0 Å². The van der Waals surface area contributed by atoms with Gasteiger partial charge in [0.1, 0.15) is 5.60 Å². The van der Waals surface area contributed by atoms with Gasteiger partial charge in [0, 0.05) is 0 Å². The Bertz CT molecular complexity index is 370. The van der Waals surface area contributed by atoms with Crippen molar-refractivity contribution in [2.45, 2.75) is 31.5 Å². The Morgan fingerprint density at radius 1 is 1.27 bits per heavy atom. The lowest BCUT2D eigenvalue weighted by atomic mass is 9.83. The molecular formula is C12H14O3. The fourth-order valence-electron chi connectivity index (χ4n) is 2.14. The minimum atomic E-state index is -1.05.